The van der Waals surface area contributed by atoms with Crippen molar-refractivity contribution in [1.82, 2.24) is 14.7 Å². The third kappa shape index (κ3) is 2.64. The Balaban J connectivity index is 2.21. The number of hydrogen-bond acceptors (Lipinski definition) is 2. The first kappa shape index (κ1) is 14.4. The molecule has 0 radical (unpaired) electrons. The van der Waals surface area contributed by atoms with Crippen molar-refractivity contribution in [2.75, 3.05) is 0 Å². The van der Waals surface area contributed by atoms with E-state index in [-0.39, 0.29) is 11.9 Å². The Hall–Kier alpha value is -1.03. The monoisotopic (exact) mass is 283 g/mol. The van der Waals surface area contributed by atoms with E-state index in [9.17, 15) is 4.79 Å². The Morgan fingerprint density at radius 1 is 1.42 bits per heavy atom. The van der Waals surface area contributed by atoms with Gasteiger partial charge in [-0.25, -0.2) is 0 Å². The molecule has 1 fully saturated rings. The normalized spacial score (nSPS) is 25.4. The van der Waals surface area contributed by atoms with Gasteiger partial charge in [0, 0.05) is 12.1 Å². The van der Waals surface area contributed by atoms with Gasteiger partial charge in [0.2, 0.25) is 5.91 Å². The Labute approximate surface area is 119 Å². The summed E-state index contributed by atoms with van der Waals surface area (Å²) in [7, 11) is 0. The van der Waals surface area contributed by atoms with Gasteiger partial charge in [-0.3, -0.25) is 9.48 Å². The molecular weight excluding hydrogens is 262 g/mol. The van der Waals surface area contributed by atoms with Crippen molar-refractivity contribution in [2.24, 2.45) is 0 Å². The van der Waals surface area contributed by atoms with Gasteiger partial charge in [-0.1, -0.05) is 11.6 Å². The van der Waals surface area contributed by atoms with Crippen molar-refractivity contribution in [3.05, 3.63) is 16.9 Å². The fourth-order valence-corrected chi connectivity index (χ4v) is 3.10. The van der Waals surface area contributed by atoms with Crippen molar-refractivity contribution in [2.45, 2.75) is 65.1 Å². The van der Waals surface area contributed by atoms with Crippen molar-refractivity contribution >= 4 is 17.5 Å². The fraction of sp³-hybridized carbons (Fsp3) is 0.714. The van der Waals surface area contributed by atoms with Crippen LogP contribution in [0.5, 0.6) is 0 Å². The predicted molar refractivity (Wildman–Crippen MR) is 76.3 cm³/mol. The molecule has 106 valence electrons. The quantitative estimate of drug-likeness (QED) is 0.836. The van der Waals surface area contributed by atoms with E-state index in [2.05, 4.69) is 18.9 Å². The van der Waals surface area contributed by atoms with E-state index in [4.69, 9.17) is 11.6 Å². The first-order valence-electron chi connectivity index (χ1n) is 6.95. The number of likely N-dealkylation sites (tertiary alicyclic amines) is 1. The van der Waals surface area contributed by atoms with Crippen LogP contribution in [0.15, 0.2) is 6.20 Å². The van der Waals surface area contributed by atoms with Crippen molar-refractivity contribution in [1.29, 1.82) is 0 Å². The number of aromatic nitrogens is 2. The Bertz CT molecular complexity index is 461. The molecule has 5 heteroatoms. The van der Waals surface area contributed by atoms with Gasteiger partial charge in [0.25, 0.3) is 0 Å². The van der Waals surface area contributed by atoms with E-state index in [1.165, 1.54) is 6.42 Å². The van der Waals surface area contributed by atoms with Crippen LogP contribution in [0.25, 0.3) is 0 Å². The molecule has 0 aliphatic carbocycles. The second-order valence-electron chi connectivity index (χ2n) is 5.57. The lowest BCUT2D eigenvalue weighted by atomic mass is 9.96. The van der Waals surface area contributed by atoms with Gasteiger partial charge in [-0.2, -0.15) is 5.10 Å². The maximum absolute atomic E-state index is 12.7. The maximum Gasteiger partial charge on any atom is 0.247 e. The van der Waals surface area contributed by atoms with Crippen molar-refractivity contribution < 1.29 is 4.79 Å². The van der Waals surface area contributed by atoms with Crippen LogP contribution < -0.4 is 0 Å². The molecule has 1 aromatic rings. The Kier molecular flexibility index (Phi) is 4.19. The molecule has 0 aromatic carbocycles. The molecule has 3 atom stereocenters. The minimum Gasteiger partial charge on any atom is -0.335 e. The first-order valence-corrected chi connectivity index (χ1v) is 7.33. The number of rotatable bonds is 2. The third-order valence-corrected chi connectivity index (χ3v) is 4.53. The summed E-state index contributed by atoms with van der Waals surface area (Å²) in [6.45, 7) is 8.04. The molecule has 4 nitrogen and oxygen atoms in total. The second kappa shape index (κ2) is 5.53. The minimum absolute atomic E-state index is 0.141. The summed E-state index contributed by atoms with van der Waals surface area (Å²) >= 11 is 6.01. The van der Waals surface area contributed by atoms with Crippen molar-refractivity contribution in [3.8, 4) is 0 Å². The van der Waals surface area contributed by atoms with E-state index in [0.717, 1.165) is 18.5 Å². The van der Waals surface area contributed by atoms with Gasteiger partial charge in [-0.05, 0) is 47.0 Å². The molecule has 1 amide bonds. The van der Waals surface area contributed by atoms with E-state index >= 15 is 0 Å². The average molecular weight is 284 g/mol. The van der Waals surface area contributed by atoms with Crippen LogP contribution in [0.2, 0.25) is 5.02 Å². The molecule has 2 rings (SSSR count). The molecule has 0 N–H and O–H groups in total. The third-order valence-electron chi connectivity index (χ3n) is 4.16. The van der Waals surface area contributed by atoms with Gasteiger partial charge >= 0.3 is 0 Å². The summed E-state index contributed by atoms with van der Waals surface area (Å²) in [5.41, 5.74) is 0.847. The van der Waals surface area contributed by atoms with Crippen LogP contribution in [0, 0.1) is 6.92 Å². The highest BCUT2D eigenvalue weighted by Crippen LogP contribution is 2.26. The van der Waals surface area contributed by atoms with Gasteiger partial charge in [0.15, 0.2) is 0 Å². The van der Waals surface area contributed by atoms with Crippen molar-refractivity contribution in [3.63, 3.8) is 0 Å². The topological polar surface area (TPSA) is 38.1 Å². The second-order valence-corrected chi connectivity index (χ2v) is 5.98. The number of piperidine rings is 1. The highest BCUT2D eigenvalue weighted by Gasteiger charge is 2.33. The average Bonchev–Trinajstić information content (AvgIpc) is 2.69. The Morgan fingerprint density at radius 2 is 2.00 bits per heavy atom. The standard InChI is InChI=1S/C14H22ClN3O/c1-9-6-5-7-10(2)17(9)14(19)12(4)18-11(3)13(15)8-16-18/h8-10,12H,5-7H2,1-4H3/t9-,10-,12-/m0/s1. The van der Waals surface area contributed by atoms with Crippen LogP contribution >= 0.6 is 11.6 Å². The molecule has 2 heterocycles. The lowest BCUT2D eigenvalue weighted by Crippen LogP contribution is -2.50. The largest absolute Gasteiger partial charge is 0.335 e. The molecule has 0 bridgehead atoms. The summed E-state index contributed by atoms with van der Waals surface area (Å²) in [5.74, 6) is 0.141. The predicted octanol–water partition coefficient (Wildman–Crippen LogP) is 3.20. The zero-order chi connectivity index (χ0) is 14.2. The maximum atomic E-state index is 12.7. The zero-order valence-electron chi connectivity index (χ0n) is 12.1. The molecule has 0 saturated carbocycles. The lowest BCUT2D eigenvalue weighted by Gasteiger charge is -2.40. The van der Waals surface area contributed by atoms with E-state index in [1.54, 1.807) is 10.9 Å². The Morgan fingerprint density at radius 3 is 2.47 bits per heavy atom. The first-order chi connectivity index (χ1) is 8.93. The number of nitrogens with zero attached hydrogens (tertiary/aromatic N) is 3. The molecule has 1 saturated heterocycles. The van der Waals surface area contributed by atoms with E-state index < -0.39 is 0 Å². The SMILES string of the molecule is Cc1c(Cl)cnn1[C@@H](C)C(=O)N1[C@@H](C)CCC[C@@H]1C. The number of hydrogen-bond donors (Lipinski definition) is 0. The highest BCUT2D eigenvalue weighted by atomic mass is 35.5. The summed E-state index contributed by atoms with van der Waals surface area (Å²) < 4.78 is 1.72. The van der Waals surface area contributed by atoms with Gasteiger partial charge in [0.1, 0.15) is 6.04 Å². The summed E-state index contributed by atoms with van der Waals surface area (Å²) in [4.78, 5) is 14.7. The van der Waals surface area contributed by atoms with Crippen LogP contribution in [0.4, 0.5) is 0 Å². The lowest BCUT2D eigenvalue weighted by molar-refractivity contribution is -0.140. The fourth-order valence-electron chi connectivity index (χ4n) is 2.97. The molecular formula is C14H22ClN3O. The number of halogens is 1. The number of amides is 1. The van der Waals surface area contributed by atoms with Crippen LogP contribution in [-0.2, 0) is 4.79 Å². The van der Waals surface area contributed by atoms with Gasteiger partial charge in [0.05, 0.1) is 16.9 Å². The minimum atomic E-state index is -0.296. The highest BCUT2D eigenvalue weighted by molar-refractivity contribution is 6.31. The van der Waals surface area contributed by atoms with Crippen LogP contribution in [0.3, 0.4) is 0 Å². The van der Waals surface area contributed by atoms with Crippen LogP contribution in [0.1, 0.15) is 51.8 Å². The van der Waals surface area contributed by atoms with E-state index in [0.29, 0.717) is 17.1 Å². The number of carbonyl (C=O) groups is 1. The molecule has 0 unspecified atom stereocenters. The molecule has 0 spiro atoms. The summed E-state index contributed by atoms with van der Waals surface area (Å²) in [6.07, 6.45) is 4.97. The van der Waals surface area contributed by atoms with Crippen LogP contribution in [-0.4, -0.2) is 32.7 Å². The summed E-state index contributed by atoms with van der Waals surface area (Å²) in [6, 6.07) is 0.325. The molecule has 1 aliphatic heterocycles. The zero-order valence-corrected chi connectivity index (χ0v) is 12.8. The number of carbonyl (C=O) groups excluding carboxylic acids is 1. The summed E-state index contributed by atoms with van der Waals surface area (Å²) in [5, 5.41) is 4.83. The molecule has 19 heavy (non-hydrogen) atoms. The molecule has 1 aromatic heterocycles. The van der Waals surface area contributed by atoms with Gasteiger partial charge < -0.3 is 4.90 Å². The smallest absolute Gasteiger partial charge is 0.247 e. The van der Waals surface area contributed by atoms with Gasteiger partial charge in [-0.15, -0.1) is 0 Å². The van der Waals surface area contributed by atoms with E-state index in [1.807, 2.05) is 18.7 Å². The molecule has 1 aliphatic rings.